The average molecular weight is 390 g/mol. The van der Waals surface area contributed by atoms with Gasteiger partial charge in [0.05, 0.1) is 34.5 Å². The Morgan fingerprint density at radius 3 is 2.50 bits per heavy atom. The van der Waals surface area contributed by atoms with E-state index in [1.54, 1.807) is 4.83 Å². The molecule has 0 fully saturated rings. The number of benzene rings is 1. The van der Waals surface area contributed by atoms with Crippen LogP contribution in [0.15, 0.2) is 32.9 Å². The molecule has 0 amide bonds. The van der Waals surface area contributed by atoms with E-state index in [-0.39, 0.29) is 26.8 Å². The average Bonchev–Trinajstić information content (AvgIpc) is 3.03. The lowest BCUT2D eigenvalue weighted by molar-refractivity contribution is -0.565. The summed E-state index contributed by atoms with van der Waals surface area (Å²) in [5.41, 5.74) is -2.78. The van der Waals surface area contributed by atoms with E-state index in [0.717, 1.165) is 12.3 Å². The van der Waals surface area contributed by atoms with Gasteiger partial charge in [0, 0.05) is 6.08 Å². The van der Waals surface area contributed by atoms with Crippen LogP contribution < -0.4 is 21.5 Å². The molecule has 138 valence electrons. The Morgan fingerprint density at radius 2 is 1.96 bits per heavy atom. The smallest absolute Gasteiger partial charge is 0.305 e. The molecule has 3 rings (SSSR count). The molecule has 26 heavy (non-hydrogen) atoms. The van der Waals surface area contributed by atoms with E-state index in [0.29, 0.717) is 6.07 Å². The summed E-state index contributed by atoms with van der Waals surface area (Å²) in [5.74, 6) is 0. The van der Waals surface area contributed by atoms with Crippen LogP contribution in [0, 0.1) is 0 Å². The highest BCUT2D eigenvalue weighted by Gasteiger charge is 2.36. The SMILES string of the molecule is CS(=O)(=O)Nn1c(=O)[nH]c2cc(C(F)(F)F)c(C3=CC=N[NH2+]3)cc2c1=O. The molecule has 0 bridgehead atoms. The number of halogens is 3. The number of sulfonamides is 1. The number of aromatic amines is 1. The minimum atomic E-state index is -4.75. The van der Waals surface area contributed by atoms with E-state index in [2.05, 4.69) is 10.1 Å². The van der Waals surface area contributed by atoms with Gasteiger partial charge >= 0.3 is 11.9 Å². The van der Waals surface area contributed by atoms with E-state index < -0.39 is 33.0 Å². The van der Waals surface area contributed by atoms with Gasteiger partial charge < -0.3 is 4.98 Å². The Bertz CT molecular complexity index is 1190. The molecule has 1 aromatic heterocycles. The molecule has 0 spiro atoms. The largest absolute Gasteiger partial charge is 0.417 e. The molecule has 2 aromatic rings. The van der Waals surface area contributed by atoms with Crippen molar-refractivity contribution >= 4 is 32.8 Å². The molecule has 0 radical (unpaired) electrons. The standard InChI is InChI=1S/C13H10F3N5O4S/c1-26(24,25)20-21-11(22)7-4-6(9-2-3-17-19-9)8(13(14,15)16)5-10(7)18-12(21)23/h2-5,20H,1H3,(H,17,19)(H,18,23)/p+1. The molecule has 1 aliphatic rings. The highest BCUT2D eigenvalue weighted by molar-refractivity contribution is 7.91. The van der Waals surface area contributed by atoms with Gasteiger partial charge in [-0.15, -0.1) is 0 Å². The van der Waals surface area contributed by atoms with E-state index in [9.17, 15) is 31.2 Å². The first-order valence-corrected chi connectivity index (χ1v) is 8.81. The van der Waals surface area contributed by atoms with Crippen molar-refractivity contribution in [2.75, 3.05) is 11.1 Å². The minimum Gasteiger partial charge on any atom is -0.305 e. The van der Waals surface area contributed by atoms with Gasteiger partial charge in [0.25, 0.3) is 5.56 Å². The quantitative estimate of drug-likeness (QED) is 0.587. The van der Waals surface area contributed by atoms with Crippen LogP contribution in [-0.4, -0.2) is 30.5 Å². The fourth-order valence-corrected chi connectivity index (χ4v) is 2.93. The summed E-state index contributed by atoms with van der Waals surface area (Å²) >= 11 is 0. The summed E-state index contributed by atoms with van der Waals surface area (Å²) in [5, 5.41) is 3.40. The van der Waals surface area contributed by atoms with Gasteiger partial charge in [0.15, 0.2) is 5.70 Å². The zero-order chi connectivity index (χ0) is 19.3. The van der Waals surface area contributed by atoms with Gasteiger partial charge in [0.2, 0.25) is 10.0 Å². The van der Waals surface area contributed by atoms with Crippen LogP contribution in [0.4, 0.5) is 13.2 Å². The molecule has 13 heteroatoms. The van der Waals surface area contributed by atoms with Crippen molar-refractivity contribution in [3.8, 4) is 0 Å². The summed E-state index contributed by atoms with van der Waals surface area (Å²) in [7, 11) is -3.97. The van der Waals surface area contributed by atoms with Crippen molar-refractivity contribution in [1.29, 1.82) is 0 Å². The van der Waals surface area contributed by atoms with Gasteiger partial charge in [-0.2, -0.15) is 23.3 Å². The summed E-state index contributed by atoms with van der Waals surface area (Å²) in [4.78, 5) is 28.1. The number of hydrogen-bond acceptors (Lipinski definition) is 5. The highest BCUT2D eigenvalue weighted by atomic mass is 32.2. The van der Waals surface area contributed by atoms with Gasteiger partial charge in [-0.1, -0.05) is 5.10 Å². The Balaban J connectivity index is 2.36. The second kappa shape index (κ2) is 5.81. The lowest BCUT2D eigenvalue weighted by Gasteiger charge is -2.14. The Kier molecular flexibility index (Phi) is 3.99. The van der Waals surface area contributed by atoms with Crippen molar-refractivity contribution in [3.05, 3.63) is 50.2 Å². The zero-order valence-corrected chi connectivity index (χ0v) is 13.8. The van der Waals surface area contributed by atoms with Gasteiger partial charge in [-0.3, -0.25) is 4.79 Å². The van der Waals surface area contributed by atoms with Gasteiger partial charge in [-0.05, 0) is 12.1 Å². The lowest BCUT2D eigenvalue weighted by atomic mass is 10.0. The van der Waals surface area contributed by atoms with Gasteiger partial charge in [0.1, 0.15) is 0 Å². The number of allylic oxidation sites excluding steroid dienone is 1. The third kappa shape index (κ3) is 3.25. The molecule has 1 aromatic carbocycles. The Morgan fingerprint density at radius 1 is 1.27 bits per heavy atom. The summed E-state index contributed by atoms with van der Waals surface area (Å²) in [6.07, 6.45) is -1.42. The number of hydrogen-bond donors (Lipinski definition) is 3. The van der Waals surface area contributed by atoms with Crippen LogP contribution in [0.3, 0.4) is 0 Å². The first-order chi connectivity index (χ1) is 12.0. The van der Waals surface area contributed by atoms with E-state index in [1.807, 2.05) is 0 Å². The lowest BCUT2D eigenvalue weighted by Crippen LogP contribution is -2.72. The predicted molar refractivity (Wildman–Crippen MR) is 86.4 cm³/mol. The normalized spacial score (nSPS) is 14.7. The third-order valence-corrected chi connectivity index (χ3v) is 3.98. The maximum atomic E-state index is 13.4. The van der Waals surface area contributed by atoms with Crippen LogP contribution in [0.25, 0.3) is 16.6 Å². The second-order valence-electron chi connectivity index (χ2n) is 5.42. The predicted octanol–water partition coefficient (Wildman–Crippen LogP) is -0.885. The van der Waals surface area contributed by atoms with E-state index in [1.165, 1.54) is 17.7 Å². The number of nitrogens with zero attached hydrogens (tertiary/aromatic N) is 2. The van der Waals surface area contributed by atoms with Crippen molar-refractivity contribution in [1.82, 2.24) is 9.66 Å². The molecule has 2 heterocycles. The zero-order valence-electron chi connectivity index (χ0n) is 13.0. The fourth-order valence-electron chi connectivity index (χ4n) is 2.43. The highest BCUT2D eigenvalue weighted by Crippen LogP contribution is 2.35. The third-order valence-electron chi connectivity index (χ3n) is 3.46. The maximum absolute atomic E-state index is 13.4. The summed E-state index contributed by atoms with van der Waals surface area (Å²) in [6.45, 7) is 0. The van der Waals surface area contributed by atoms with E-state index >= 15 is 0 Å². The Labute approximate surface area is 142 Å². The first kappa shape index (κ1) is 17.9. The van der Waals surface area contributed by atoms with E-state index in [4.69, 9.17) is 0 Å². The number of fused-ring (bicyclic) bond motifs is 1. The molecule has 0 saturated carbocycles. The molecule has 0 saturated heterocycles. The number of nitrogens with one attached hydrogen (secondary N) is 2. The molecular formula is C13H11F3N5O4S+. The molecule has 1 aliphatic heterocycles. The number of aromatic nitrogens is 2. The molecule has 4 N–H and O–H groups in total. The number of H-pyrrole nitrogens is 1. The molecule has 0 aliphatic carbocycles. The minimum absolute atomic E-state index is 0.118. The second-order valence-corrected chi connectivity index (χ2v) is 7.15. The monoisotopic (exact) mass is 390 g/mol. The van der Waals surface area contributed by atoms with Crippen LogP contribution in [0.2, 0.25) is 0 Å². The van der Waals surface area contributed by atoms with Crippen LogP contribution in [0.1, 0.15) is 11.1 Å². The maximum Gasteiger partial charge on any atom is 0.417 e. The van der Waals surface area contributed by atoms with Crippen LogP contribution >= 0.6 is 0 Å². The van der Waals surface area contributed by atoms with Gasteiger partial charge in [-0.25, -0.2) is 18.0 Å². The molecule has 9 nitrogen and oxygen atoms in total. The van der Waals surface area contributed by atoms with Crippen molar-refractivity contribution in [3.63, 3.8) is 0 Å². The van der Waals surface area contributed by atoms with Crippen molar-refractivity contribution in [2.45, 2.75) is 6.18 Å². The first-order valence-electron chi connectivity index (χ1n) is 6.92. The fraction of sp³-hybridized carbons (Fsp3) is 0.154. The molecule has 0 atom stereocenters. The van der Waals surface area contributed by atoms with Crippen LogP contribution in [-0.2, 0) is 16.2 Å². The number of alkyl halides is 3. The summed E-state index contributed by atoms with van der Waals surface area (Å²) in [6, 6.07) is 1.57. The number of rotatable bonds is 3. The molecule has 0 unspecified atom stereocenters. The molecular weight excluding hydrogens is 379 g/mol. The van der Waals surface area contributed by atoms with Crippen LogP contribution in [0.5, 0.6) is 0 Å². The number of quaternary nitrogens is 1. The van der Waals surface area contributed by atoms with Crippen molar-refractivity contribution < 1.29 is 27.0 Å². The summed E-state index contributed by atoms with van der Waals surface area (Å²) < 4.78 is 62.9. The van der Waals surface area contributed by atoms with Crippen molar-refractivity contribution in [2.24, 2.45) is 5.10 Å². The topological polar surface area (TPSA) is 130 Å². The Hall–Kier alpha value is -2.93. The number of nitrogens with two attached hydrogens (primary N) is 1.